The van der Waals surface area contributed by atoms with E-state index in [0.717, 1.165) is 0 Å². The highest BCUT2D eigenvalue weighted by Gasteiger charge is 2.12. The van der Waals surface area contributed by atoms with Gasteiger partial charge in [-0.15, -0.1) is 0 Å². The number of aromatic nitrogens is 3. The van der Waals surface area contributed by atoms with Gasteiger partial charge in [-0.05, 0) is 35.1 Å². The van der Waals surface area contributed by atoms with Gasteiger partial charge in [-0.2, -0.15) is 0 Å². The topological polar surface area (TPSA) is 30.7 Å². The first-order chi connectivity index (χ1) is 7.70. The van der Waals surface area contributed by atoms with Gasteiger partial charge in [0, 0.05) is 42.6 Å². The van der Waals surface area contributed by atoms with Gasteiger partial charge in [0.25, 0.3) is 0 Å². The summed E-state index contributed by atoms with van der Waals surface area (Å²) < 4.78 is 3.40. The molecule has 0 atom stereocenters. The monoisotopic (exact) mass is 323 g/mol. The van der Waals surface area contributed by atoms with E-state index >= 15 is 0 Å². The lowest BCUT2D eigenvalue weighted by atomic mass is 10.2. The van der Waals surface area contributed by atoms with Crippen molar-refractivity contribution < 1.29 is 0 Å². The number of hydrogen-bond acceptors (Lipinski definition) is 2. The third kappa shape index (κ3) is 1.19. The van der Waals surface area contributed by atoms with Crippen molar-refractivity contribution >= 4 is 44.4 Å². The first-order valence-corrected chi connectivity index (χ1v) is 6.10. The molecular formula is C12H10IN3. The fourth-order valence-corrected chi connectivity index (χ4v) is 3.09. The lowest BCUT2D eigenvalue weighted by Gasteiger charge is -2.01. The van der Waals surface area contributed by atoms with Gasteiger partial charge in [-0.25, -0.2) is 0 Å². The zero-order valence-corrected chi connectivity index (χ0v) is 11.2. The molecule has 3 aromatic heterocycles. The van der Waals surface area contributed by atoms with Crippen LogP contribution in [0.5, 0.6) is 0 Å². The van der Waals surface area contributed by atoms with Gasteiger partial charge >= 0.3 is 0 Å². The van der Waals surface area contributed by atoms with E-state index in [9.17, 15) is 0 Å². The first kappa shape index (κ1) is 10.0. The van der Waals surface area contributed by atoms with E-state index in [4.69, 9.17) is 0 Å². The molecule has 3 heterocycles. The molecule has 0 saturated carbocycles. The third-order valence-electron chi connectivity index (χ3n) is 2.93. The Labute approximate surface area is 107 Å². The number of halogens is 1. The Hall–Kier alpha value is -1.17. The van der Waals surface area contributed by atoms with Crippen molar-refractivity contribution in [2.75, 3.05) is 0 Å². The molecule has 3 rings (SSSR count). The Morgan fingerprint density at radius 2 is 1.62 bits per heavy atom. The second-order valence-corrected chi connectivity index (χ2v) is 5.09. The molecular weight excluding hydrogens is 313 g/mol. The molecule has 0 aliphatic heterocycles. The summed E-state index contributed by atoms with van der Waals surface area (Å²) in [6.07, 6.45) is 7.63. The second kappa shape index (κ2) is 3.41. The molecule has 0 amide bonds. The van der Waals surface area contributed by atoms with Gasteiger partial charge < -0.3 is 4.57 Å². The largest absolute Gasteiger partial charge is 0.342 e. The van der Waals surface area contributed by atoms with Gasteiger partial charge in [0.05, 0.1) is 14.6 Å². The van der Waals surface area contributed by atoms with E-state index in [-0.39, 0.29) is 0 Å². The van der Waals surface area contributed by atoms with Crippen LogP contribution in [0.2, 0.25) is 0 Å². The molecule has 0 aliphatic carbocycles. The van der Waals surface area contributed by atoms with Gasteiger partial charge in [0.2, 0.25) is 0 Å². The Morgan fingerprint density at radius 3 is 2.38 bits per heavy atom. The quantitative estimate of drug-likeness (QED) is 0.596. The van der Waals surface area contributed by atoms with Crippen LogP contribution in [0.4, 0.5) is 0 Å². The summed E-state index contributed by atoms with van der Waals surface area (Å²) in [4.78, 5) is 8.52. The van der Waals surface area contributed by atoms with Gasteiger partial charge in [-0.3, -0.25) is 9.97 Å². The van der Waals surface area contributed by atoms with Gasteiger partial charge in [-0.1, -0.05) is 0 Å². The molecule has 0 fully saturated rings. The molecule has 0 bridgehead atoms. The third-order valence-corrected chi connectivity index (χ3v) is 3.72. The molecule has 0 aliphatic rings. The molecule has 0 N–H and O–H groups in total. The highest BCUT2D eigenvalue weighted by molar-refractivity contribution is 14.1. The first-order valence-electron chi connectivity index (χ1n) is 5.02. The van der Waals surface area contributed by atoms with E-state index < -0.39 is 0 Å². The highest BCUT2D eigenvalue weighted by Crippen LogP contribution is 2.30. The predicted octanol–water partition coefficient (Wildman–Crippen LogP) is 3.03. The molecule has 4 heteroatoms. The average molecular weight is 323 g/mol. The van der Waals surface area contributed by atoms with E-state index in [0.29, 0.717) is 0 Å². The molecule has 0 saturated heterocycles. The van der Waals surface area contributed by atoms with Crippen LogP contribution >= 0.6 is 22.6 Å². The van der Waals surface area contributed by atoms with Crippen molar-refractivity contribution in [3.63, 3.8) is 0 Å². The normalized spacial score (nSPS) is 11.4. The molecule has 3 aromatic rings. The summed E-state index contributed by atoms with van der Waals surface area (Å²) in [6, 6.07) is 0. The summed E-state index contributed by atoms with van der Waals surface area (Å²) in [5.74, 6) is 0. The summed E-state index contributed by atoms with van der Waals surface area (Å²) in [5.41, 5.74) is 3.68. The molecule has 16 heavy (non-hydrogen) atoms. The minimum Gasteiger partial charge on any atom is -0.342 e. The number of pyridine rings is 2. The van der Waals surface area contributed by atoms with Crippen LogP contribution in [0.1, 0.15) is 5.56 Å². The minimum atomic E-state index is 1.17. The number of rotatable bonds is 0. The van der Waals surface area contributed by atoms with E-state index in [1.54, 1.807) is 0 Å². The average Bonchev–Trinajstić information content (AvgIpc) is 2.56. The van der Waals surface area contributed by atoms with E-state index in [2.05, 4.69) is 51.1 Å². The van der Waals surface area contributed by atoms with Crippen molar-refractivity contribution in [3.8, 4) is 0 Å². The van der Waals surface area contributed by atoms with Crippen LogP contribution in [0.25, 0.3) is 21.8 Å². The summed E-state index contributed by atoms with van der Waals surface area (Å²) in [7, 11) is 2.10. The molecule has 3 nitrogen and oxygen atoms in total. The fraction of sp³-hybridized carbons (Fsp3) is 0.167. The number of hydrogen-bond donors (Lipinski definition) is 0. The van der Waals surface area contributed by atoms with Crippen molar-refractivity contribution in [1.29, 1.82) is 0 Å². The van der Waals surface area contributed by atoms with Gasteiger partial charge in [0.15, 0.2) is 0 Å². The van der Waals surface area contributed by atoms with Crippen LogP contribution in [-0.4, -0.2) is 14.5 Å². The van der Waals surface area contributed by atoms with Crippen LogP contribution < -0.4 is 0 Å². The summed E-state index contributed by atoms with van der Waals surface area (Å²) >= 11 is 2.33. The highest BCUT2D eigenvalue weighted by atomic mass is 127. The smallest absolute Gasteiger partial charge is 0.0656 e. The maximum absolute atomic E-state index is 4.26. The molecule has 80 valence electrons. The standard InChI is InChI=1S/C12H10IN3/c1-7-3-14-4-8-9-5-15-6-10(13)12(9)16(2)11(7)8/h3-6H,1-2H3. The molecule has 0 spiro atoms. The van der Waals surface area contributed by atoms with Crippen molar-refractivity contribution in [2.24, 2.45) is 7.05 Å². The van der Waals surface area contributed by atoms with E-state index in [1.165, 1.54) is 30.9 Å². The lowest BCUT2D eigenvalue weighted by molar-refractivity contribution is 1.00. The van der Waals surface area contributed by atoms with Crippen LogP contribution in [0.15, 0.2) is 24.8 Å². The Morgan fingerprint density at radius 1 is 1.00 bits per heavy atom. The minimum absolute atomic E-state index is 1.17. The van der Waals surface area contributed by atoms with Crippen LogP contribution in [0.3, 0.4) is 0 Å². The van der Waals surface area contributed by atoms with Gasteiger partial charge in [0.1, 0.15) is 0 Å². The van der Waals surface area contributed by atoms with Crippen molar-refractivity contribution in [2.45, 2.75) is 6.92 Å². The Balaban J connectivity index is 2.70. The zero-order chi connectivity index (χ0) is 11.3. The van der Waals surface area contributed by atoms with Crippen LogP contribution in [-0.2, 0) is 7.05 Å². The van der Waals surface area contributed by atoms with Crippen molar-refractivity contribution in [1.82, 2.24) is 14.5 Å². The number of fused-ring (bicyclic) bond motifs is 3. The SMILES string of the molecule is Cc1cncc2c3cncc(I)c3n(C)c12. The van der Waals surface area contributed by atoms with E-state index in [1.807, 2.05) is 24.8 Å². The lowest BCUT2D eigenvalue weighted by Crippen LogP contribution is -1.91. The van der Waals surface area contributed by atoms with Crippen molar-refractivity contribution in [3.05, 3.63) is 33.9 Å². The zero-order valence-electron chi connectivity index (χ0n) is 9.03. The fourth-order valence-electron chi connectivity index (χ4n) is 2.28. The Bertz CT molecular complexity index is 641. The molecule has 0 radical (unpaired) electrons. The molecule has 0 aromatic carbocycles. The maximum Gasteiger partial charge on any atom is 0.0656 e. The number of nitrogens with zero attached hydrogens (tertiary/aromatic N) is 3. The summed E-state index contributed by atoms with van der Waals surface area (Å²) in [6.45, 7) is 2.09. The second-order valence-electron chi connectivity index (χ2n) is 3.93. The predicted molar refractivity (Wildman–Crippen MR) is 73.5 cm³/mol. The molecule has 0 unspecified atom stereocenters. The van der Waals surface area contributed by atoms with Crippen LogP contribution in [0, 0.1) is 10.5 Å². The Kier molecular flexibility index (Phi) is 2.14. The maximum atomic E-state index is 4.26. The number of aryl methyl sites for hydroxylation is 2. The summed E-state index contributed by atoms with van der Waals surface area (Å²) in [5, 5.41) is 2.36.